The van der Waals surface area contributed by atoms with E-state index in [9.17, 15) is 4.79 Å². The average molecular weight is 240 g/mol. The molecule has 0 fully saturated rings. The van der Waals surface area contributed by atoms with Crippen LogP contribution in [0.5, 0.6) is 0 Å². The Morgan fingerprint density at radius 2 is 1.94 bits per heavy atom. The van der Waals surface area contributed by atoms with Crippen LogP contribution in [0.1, 0.15) is 17.5 Å². The summed E-state index contributed by atoms with van der Waals surface area (Å²) in [5.74, 6) is -0.392. The molecule has 86 valence electrons. The lowest BCUT2D eigenvalue weighted by Gasteiger charge is -2.08. The van der Waals surface area contributed by atoms with Crippen LogP contribution in [0, 0.1) is 11.3 Å². The van der Waals surface area contributed by atoms with E-state index in [4.69, 9.17) is 16.7 Å². The zero-order valence-electron chi connectivity index (χ0n) is 8.72. The standard InChI is InChI=1S/C11H13N3O.ClH/c12-7-9-3-1-8(2-4-9)5-10(13)6-11(14)15;/h1-4,10H,5-6,13H2,(H2,14,15);1H. The molecule has 0 radical (unpaired) electrons. The molecule has 0 aromatic heterocycles. The van der Waals surface area contributed by atoms with Gasteiger partial charge in [-0.1, -0.05) is 12.1 Å². The van der Waals surface area contributed by atoms with Crippen LogP contribution in [-0.2, 0) is 11.2 Å². The van der Waals surface area contributed by atoms with Gasteiger partial charge >= 0.3 is 0 Å². The van der Waals surface area contributed by atoms with E-state index in [0.29, 0.717) is 12.0 Å². The first-order valence-electron chi connectivity index (χ1n) is 4.64. The fraction of sp³-hybridized carbons (Fsp3) is 0.273. The van der Waals surface area contributed by atoms with Gasteiger partial charge in [0.15, 0.2) is 0 Å². The number of hydrogen-bond donors (Lipinski definition) is 2. The summed E-state index contributed by atoms with van der Waals surface area (Å²) in [4.78, 5) is 10.6. The fourth-order valence-electron chi connectivity index (χ4n) is 1.35. The van der Waals surface area contributed by atoms with Crippen molar-refractivity contribution in [3.05, 3.63) is 35.4 Å². The van der Waals surface area contributed by atoms with E-state index in [1.165, 1.54) is 0 Å². The van der Waals surface area contributed by atoms with Gasteiger partial charge in [-0.15, -0.1) is 12.4 Å². The van der Waals surface area contributed by atoms with Crippen LogP contribution in [0.15, 0.2) is 24.3 Å². The number of hydrogen-bond acceptors (Lipinski definition) is 3. The Hall–Kier alpha value is -1.57. The second-order valence-electron chi connectivity index (χ2n) is 3.44. The van der Waals surface area contributed by atoms with Crippen molar-refractivity contribution in [2.75, 3.05) is 0 Å². The van der Waals surface area contributed by atoms with Crippen LogP contribution >= 0.6 is 12.4 Å². The Morgan fingerprint density at radius 3 is 2.38 bits per heavy atom. The highest BCUT2D eigenvalue weighted by atomic mass is 35.5. The third kappa shape index (κ3) is 4.78. The average Bonchev–Trinajstić information content (AvgIpc) is 2.17. The van der Waals surface area contributed by atoms with Gasteiger partial charge in [0.2, 0.25) is 5.91 Å². The molecule has 1 amide bonds. The number of benzene rings is 1. The lowest BCUT2D eigenvalue weighted by atomic mass is 10.0. The number of halogens is 1. The number of nitriles is 1. The summed E-state index contributed by atoms with van der Waals surface area (Å²) in [6.07, 6.45) is 0.772. The number of amides is 1. The van der Waals surface area contributed by atoms with Gasteiger partial charge in [-0.25, -0.2) is 0 Å². The van der Waals surface area contributed by atoms with Gasteiger partial charge in [0, 0.05) is 12.5 Å². The molecule has 0 saturated heterocycles. The van der Waals surface area contributed by atoms with Gasteiger partial charge in [0.25, 0.3) is 0 Å². The van der Waals surface area contributed by atoms with E-state index in [1.807, 2.05) is 18.2 Å². The maximum Gasteiger partial charge on any atom is 0.218 e. The maximum atomic E-state index is 10.6. The van der Waals surface area contributed by atoms with Crippen molar-refractivity contribution >= 4 is 18.3 Å². The lowest BCUT2D eigenvalue weighted by molar-refractivity contribution is -0.118. The molecule has 0 saturated carbocycles. The highest BCUT2D eigenvalue weighted by Gasteiger charge is 2.07. The Labute approximate surface area is 101 Å². The molecule has 1 atom stereocenters. The van der Waals surface area contributed by atoms with Gasteiger partial charge in [-0.3, -0.25) is 4.79 Å². The Morgan fingerprint density at radius 1 is 1.38 bits per heavy atom. The summed E-state index contributed by atoms with van der Waals surface area (Å²) in [6.45, 7) is 0. The number of nitrogens with two attached hydrogens (primary N) is 2. The summed E-state index contributed by atoms with van der Waals surface area (Å²) in [6, 6.07) is 8.90. The molecule has 0 aliphatic rings. The van der Waals surface area contributed by atoms with Gasteiger partial charge < -0.3 is 11.5 Å². The molecule has 0 aliphatic heterocycles. The quantitative estimate of drug-likeness (QED) is 0.811. The molecular weight excluding hydrogens is 226 g/mol. The molecule has 16 heavy (non-hydrogen) atoms. The van der Waals surface area contributed by atoms with E-state index < -0.39 is 5.91 Å². The topological polar surface area (TPSA) is 92.9 Å². The van der Waals surface area contributed by atoms with E-state index in [1.54, 1.807) is 12.1 Å². The van der Waals surface area contributed by atoms with E-state index in [-0.39, 0.29) is 24.9 Å². The largest absolute Gasteiger partial charge is 0.370 e. The Kier molecular flexibility index (Phi) is 6.16. The summed E-state index contributed by atoms with van der Waals surface area (Å²) in [5, 5.41) is 8.59. The van der Waals surface area contributed by atoms with E-state index in [0.717, 1.165) is 5.56 Å². The van der Waals surface area contributed by atoms with E-state index >= 15 is 0 Å². The number of nitrogens with zero attached hydrogens (tertiary/aromatic N) is 1. The van der Waals surface area contributed by atoms with Gasteiger partial charge in [-0.2, -0.15) is 5.26 Å². The molecule has 4 nitrogen and oxygen atoms in total. The Balaban J connectivity index is 0.00000225. The van der Waals surface area contributed by atoms with Crippen LogP contribution in [0.2, 0.25) is 0 Å². The molecule has 0 aliphatic carbocycles. The fourth-order valence-corrected chi connectivity index (χ4v) is 1.35. The monoisotopic (exact) mass is 239 g/mol. The number of carbonyl (C=O) groups is 1. The van der Waals surface area contributed by atoms with Crippen molar-refractivity contribution in [1.29, 1.82) is 5.26 Å². The summed E-state index contributed by atoms with van der Waals surface area (Å²) >= 11 is 0. The minimum absolute atomic E-state index is 0. The third-order valence-corrected chi connectivity index (χ3v) is 2.04. The predicted octanol–water partition coefficient (Wildman–Crippen LogP) is 0.725. The van der Waals surface area contributed by atoms with Crippen molar-refractivity contribution < 1.29 is 4.79 Å². The van der Waals surface area contributed by atoms with Crippen LogP contribution in [-0.4, -0.2) is 11.9 Å². The summed E-state index contributed by atoms with van der Waals surface area (Å²) in [5.41, 5.74) is 12.4. The predicted molar refractivity (Wildman–Crippen MR) is 63.9 cm³/mol. The minimum Gasteiger partial charge on any atom is -0.370 e. The van der Waals surface area contributed by atoms with Gasteiger partial charge in [0.05, 0.1) is 11.6 Å². The van der Waals surface area contributed by atoms with Crippen molar-refractivity contribution in [1.82, 2.24) is 0 Å². The molecule has 1 rings (SSSR count). The number of carbonyl (C=O) groups excluding carboxylic acids is 1. The molecule has 0 spiro atoms. The van der Waals surface area contributed by atoms with Gasteiger partial charge in [0.1, 0.15) is 0 Å². The van der Waals surface area contributed by atoms with Crippen LogP contribution in [0.25, 0.3) is 0 Å². The number of rotatable bonds is 4. The highest BCUT2D eigenvalue weighted by Crippen LogP contribution is 2.06. The molecule has 0 bridgehead atoms. The first-order valence-corrected chi connectivity index (χ1v) is 4.64. The zero-order chi connectivity index (χ0) is 11.3. The summed E-state index contributed by atoms with van der Waals surface area (Å²) in [7, 11) is 0. The number of primary amides is 1. The molecule has 1 aromatic carbocycles. The van der Waals surface area contributed by atoms with Crippen LogP contribution in [0.3, 0.4) is 0 Å². The van der Waals surface area contributed by atoms with Crippen molar-refractivity contribution in [3.63, 3.8) is 0 Å². The smallest absolute Gasteiger partial charge is 0.218 e. The van der Waals surface area contributed by atoms with Crippen LogP contribution in [0.4, 0.5) is 0 Å². The first-order chi connectivity index (χ1) is 7.11. The first kappa shape index (κ1) is 14.4. The van der Waals surface area contributed by atoms with E-state index in [2.05, 4.69) is 0 Å². The van der Waals surface area contributed by atoms with Crippen molar-refractivity contribution in [2.24, 2.45) is 11.5 Å². The maximum absolute atomic E-state index is 10.6. The molecule has 0 heterocycles. The summed E-state index contributed by atoms with van der Waals surface area (Å²) < 4.78 is 0. The van der Waals surface area contributed by atoms with Gasteiger partial charge in [-0.05, 0) is 24.1 Å². The normalized spacial score (nSPS) is 11.0. The zero-order valence-corrected chi connectivity index (χ0v) is 9.54. The second-order valence-corrected chi connectivity index (χ2v) is 3.44. The van der Waals surface area contributed by atoms with Crippen LogP contribution < -0.4 is 11.5 Å². The molecule has 4 N–H and O–H groups in total. The van der Waals surface area contributed by atoms with Crippen molar-refractivity contribution in [3.8, 4) is 6.07 Å². The third-order valence-electron chi connectivity index (χ3n) is 2.04. The Bertz CT molecular complexity index is 383. The lowest BCUT2D eigenvalue weighted by Crippen LogP contribution is -2.29. The SMILES string of the molecule is Cl.N#Cc1ccc(CC(N)CC(N)=O)cc1. The molecule has 1 aromatic rings. The molecule has 1 unspecified atom stereocenters. The van der Waals surface area contributed by atoms with Crippen molar-refractivity contribution in [2.45, 2.75) is 18.9 Å². The minimum atomic E-state index is -0.392. The highest BCUT2D eigenvalue weighted by molar-refractivity contribution is 5.85. The molecule has 5 heteroatoms. The molecular formula is C11H14ClN3O. The second kappa shape index (κ2) is 6.83.